The number of rotatable bonds is 8. The van der Waals surface area contributed by atoms with E-state index in [-0.39, 0.29) is 5.60 Å². The Bertz CT molecular complexity index is 392. The van der Waals surface area contributed by atoms with Crippen LogP contribution < -0.4 is 10.1 Å². The first kappa shape index (κ1) is 15.3. The summed E-state index contributed by atoms with van der Waals surface area (Å²) < 4.78 is 11.0. The highest BCUT2D eigenvalue weighted by atomic mass is 16.5. The van der Waals surface area contributed by atoms with Gasteiger partial charge < -0.3 is 14.8 Å². The van der Waals surface area contributed by atoms with Gasteiger partial charge in [-0.3, -0.25) is 0 Å². The van der Waals surface area contributed by atoms with Gasteiger partial charge in [0.2, 0.25) is 0 Å². The molecule has 3 heteroatoms. The topological polar surface area (TPSA) is 30.5 Å². The Morgan fingerprint density at radius 3 is 2.35 bits per heavy atom. The zero-order valence-corrected chi connectivity index (χ0v) is 12.9. The predicted octanol–water partition coefficient (Wildman–Crippen LogP) is 3.18. The van der Waals surface area contributed by atoms with Crippen molar-refractivity contribution in [1.82, 2.24) is 5.32 Å². The second-order valence-electron chi connectivity index (χ2n) is 5.62. The highest BCUT2D eigenvalue weighted by Gasteiger charge is 2.43. The molecule has 1 unspecified atom stereocenters. The molecule has 0 spiro atoms. The van der Waals surface area contributed by atoms with Crippen LogP contribution in [0.15, 0.2) is 24.3 Å². The van der Waals surface area contributed by atoms with Gasteiger partial charge in [0.05, 0.1) is 12.7 Å². The summed E-state index contributed by atoms with van der Waals surface area (Å²) in [6.07, 6.45) is 5.85. The quantitative estimate of drug-likeness (QED) is 0.791. The van der Waals surface area contributed by atoms with E-state index >= 15 is 0 Å². The number of methoxy groups -OCH3 is 2. The van der Waals surface area contributed by atoms with Crippen molar-refractivity contribution in [2.45, 2.75) is 50.7 Å². The van der Waals surface area contributed by atoms with E-state index in [2.05, 4.69) is 24.4 Å². The van der Waals surface area contributed by atoms with E-state index in [1.807, 2.05) is 19.2 Å². The van der Waals surface area contributed by atoms with Crippen molar-refractivity contribution in [1.29, 1.82) is 0 Å². The van der Waals surface area contributed by atoms with Crippen molar-refractivity contribution < 1.29 is 9.47 Å². The normalized spacial score (nSPS) is 18.4. The summed E-state index contributed by atoms with van der Waals surface area (Å²) in [4.78, 5) is 0. The average Bonchev–Trinajstić information content (AvgIpc) is 2.44. The number of benzene rings is 1. The molecule has 0 heterocycles. The number of ether oxygens (including phenoxy) is 2. The molecule has 0 aliphatic heterocycles. The second-order valence-corrected chi connectivity index (χ2v) is 5.62. The molecule has 20 heavy (non-hydrogen) atoms. The van der Waals surface area contributed by atoms with Gasteiger partial charge in [0.15, 0.2) is 0 Å². The Kier molecular flexibility index (Phi) is 5.44. The van der Waals surface area contributed by atoms with Gasteiger partial charge in [0, 0.05) is 13.2 Å². The summed E-state index contributed by atoms with van der Waals surface area (Å²) in [5, 5.41) is 3.62. The molecule has 1 aromatic carbocycles. The Morgan fingerprint density at radius 2 is 1.90 bits per heavy atom. The van der Waals surface area contributed by atoms with Crippen LogP contribution in [0.4, 0.5) is 0 Å². The van der Waals surface area contributed by atoms with Crippen LogP contribution in [-0.2, 0) is 11.2 Å². The van der Waals surface area contributed by atoms with Crippen molar-refractivity contribution in [3.63, 3.8) is 0 Å². The van der Waals surface area contributed by atoms with E-state index in [9.17, 15) is 0 Å². The van der Waals surface area contributed by atoms with Gasteiger partial charge >= 0.3 is 0 Å². The average molecular weight is 277 g/mol. The molecule has 1 aromatic rings. The molecule has 0 saturated heterocycles. The molecule has 1 aliphatic rings. The molecule has 1 saturated carbocycles. The smallest absolute Gasteiger partial charge is 0.118 e. The highest BCUT2D eigenvalue weighted by molar-refractivity contribution is 5.27. The molecule has 1 atom stereocenters. The fraction of sp³-hybridized carbons (Fsp3) is 0.647. The second kappa shape index (κ2) is 7.09. The van der Waals surface area contributed by atoms with E-state index in [1.54, 1.807) is 7.11 Å². The lowest BCUT2D eigenvalue weighted by atomic mass is 9.72. The largest absolute Gasteiger partial charge is 0.497 e. The molecule has 0 amide bonds. The number of likely N-dealkylation sites (N-methyl/N-ethyl adjacent to an activating group) is 1. The molecular formula is C17H27NO2. The van der Waals surface area contributed by atoms with Crippen molar-refractivity contribution >= 4 is 0 Å². The molecule has 112 valence electrons. The minimum Gasteiger partial charge on any atom is -0.497 e. The van der Waals surface area contributed by atoms with Crippen LogP contribution in [0.5, 0.6) is 5.75 Å². The molecule has 1 fully saturated rings. The fourth-order valence-electron chi connectivity index (χ4n) is 3.12. The first-order chi connectivity index (χ1) is 9.74. The lowest BCUT2D eigenvalue weighted by molar-refractivity contribution is -0.0995. The van der Waals surface area contributed by atoms with Gasteiger partial charge in [-0.05, 0) is 56.3 Å². The van der Waals surface area contributed by atoms with E-state index in [1.165, 1.54) is 24.8 Å². The third kappa shape index (κ3) is 3.33. The van der Waals surface area contributed by atoms with Gasteiger partial charge in [-0.25, -0.2) is 0 Å². The van der Waals surface area contributed by atoms with Crippen molar-refractivity contribution in [2.75, 3.05) is 20.8 Å². The van der Waals surface area contributed by atoms with Crippen LogP contribution in [0.1, 0.15) is 38.2 Å². The number of hydrogen-bond acceptors (Lipinski definition) is 3. The molecule has 0 bridgehead atoms. The van der Waals surface area contributed by atoms with Crippen molar-refractivity contribution in [3.8, 4) is 5.75 Å². The third-order valence-corrected chi connectivity index (χ3v) is 4.57. The summed E-state index contributed by atoms with van der Waals surface area (Å²) in [7, 11) is 3.56. The van der Waals surface area contributed by atoms with Gasteiger partial charge in [-0.1, -0.05) is 19.1 Å². The summed E-state index contributed by atoms with van der Waals surface area (Å²) in [5.41, 5.74) is 1.43. The molecule has 1 aliphatic carbocycles. The number of nitrogens with one attached hydrogen (secondary N) is 1. The molecule has 1 N–H and O–H groups in total. The Balaban J connectivity index is 1.94. The monoisotopic (exact) mass is 277 g/mol. The Hall–Kier alpha value is -1.06. The maximum Gasteiger partial charge on any atom is 0.118 e. The van der Waals surface area contributed by atoms with Gasteiger partial charge in [0.1, 0.15) is 5.75 Å². The zero-order chi connectivity index (χ0) is 14.4. The number of aryl methyl sites for hydroxylation is 1. The summed E-state index contributed by atoms with van der Waals surface area (Å²) in [6.45, 7) is 3.17. The Labute approximate surface area is 122 Å². The third-order valence-electron chi connectivity index (χ3n) is 4.57. The molecule has 0 aromatic heterocycles. The lowest BCUT2D eigenvalue weighted by Crippen LogP contribution is -2.56. The molecule has 2 rings (SSSR count). The molecule has 0 radical (unpaired) electrons. The van der Waals surface area contributed by atoms with E-state index < -0.39 is 0 Å². The fourth-order valence-corrected chi connectivity index (χ4v) is 3.12. The van der Waals surface area contributed by atoms with Crippen LogP contribution in [0, 0.1) is 0 Å². The lowest BCUT2D eigenvalue weighted by Gasteiger charge is -2.47. The SMILES string of the molecule is CCNC(CCc1ccc(OC)cc1)C1(OC)CCC1. The van der Waals surface area contributed by atoms with Gasteiger partial charge in [-0.2, -0.15) is 0 Å². The maximum absolute atomic E-state index is 5.83. The standard InChI is InChI=1S/C17H27NO2/c1-4-18-16(17(20-3)12-5-13-17)11-8-14-6-9-15(19-2)10-7-14/h6-7,9-10,16,18H,4-5,8,11-13H2,1-3H3. The van der Waals surface area contributed by atoms with Crippen LogP contribution in [0.3, 0.4) is 0 Å². The van der Waals surface area contributed by atoms with Crippen LogP contribution in [-0.4, -0.2) is 32.4 Å². The minimum atomic E-state index is 0.0719. The van der Waals surface area contributed by atoms with E-state index in [0.29, 0.717) is 6.04 Å². The van der Waals surface area contributed by atoms with Crippen LogP contribution in [0.25, 0.3) is 0 Å². The predicted molar refractivity (Wildman–Crippen MR) is 82.4 cm³/mol. The van der Waals surface area contributed by atoms with Crippen LogP contribution in [0.2, 0.25) is 0 Å². The summed E-state index contributed by atoms with van der Waals surface area (Å²) in [6, 6.07) is 8.83. The highest BCUT2D eigenvalue weighted by Crippen LogP contribution is 2.39. The Morgan fingerprint density at radius 1 is 1.20 bits per heavy atom. The maximum atomic E-state index is 5.83. The summed E-state index contributed by atoms with van der Waals surface area (Å²) >= 11 is 0. The molecule has 3 nitrogen and oxygen atoms in total. The first-order valence-corrected chi connectivity index (χ1v) is 7.65. The molecular weight excluding hydrogens is 250 g/mol. The van der Waals surface area contributed by atoms with Crippen molar-refractivity contribution in [2.24, 2.45) is 0 Å². The first-order valence-electron chi connectivity index (χ1n) is 7.65. The van der Waals surface area contributed by atoms with Gasteiger partial charge in [0.25, 0.3) is 0 Å². The zero-order valence-electron chi connectivity index (χ0n) is 12.9. The number of hydrogen-bond donors (Lipinski definition) is 1. The van der Waals surface area contributed by atoms with Crippen molar-refractivity contribution in [3.05, 3.63) is 29.8 Å². The van der Waals surface area contributed by atoms with E-state index in [4.69, 9.17) is 9.47 Å². The minimum absolute atomic E-state index is 0.0719. The van der Waals surface area contributed by atoms with E-state index in [0.717, 1.165) is 25.1 Å². The van der Waals surface area contributed by atoms with Gasteiger partial charge in [-0.15, -0.1) is 0 Å². The summed E-state index contributed by atoms with van der Waals surface area (Å²) in [5.74, 6) is 0.921. The van der Waals surface area contributed by atoms with Crippen LogP contribution >= 0.6 is 0 Å².